The molecule has 0 aromatic carbocycles. The number of nitrogens with one attached hydrogen (secondary N) is 2. The Balaban J connectivity index is 2.26. The van der Waals surface area contributed by atoms with E-state index in [1.54, 1.807) is 0 Å². The molecule has 1 aliphatic heterocycles. The highest BCUT2D eigenvalue weighted by Crippen LogP contribution is 2.14. The summed E-state index contributed by atoms with van der Waals surface area (Å²) in [5, 5.41) is 0. The molecule has 0 amide bonds. The first-order valence-corrected chi connectivity index (χ1v) is 4.99. The van der Waals surface area contributed by atoms with Crippen molar-refractivity contribution in [2.24, 2.45) is 5.84 Å². The van der Waals surface area contributed by atoms with Gasteiger partial charge in [-0.2, -0.15) is 9.97 Å². The molecule has 82 valence electrons. The monoisotopic (exact) mass is 210 g/mol. The number of nitrogens with two attached hydrogens (primary N) is 1. The van der Waals surface area contributed by atoms with E-state index in [2.05, 4.69) is 20.4 Å². The average Bonchev–Trinajstić information content (AvgIpc) is 2.29. The second kappa shape index (κ2) is 4.26. The number of aromatic nitrogens is 3. The third kappa shape index (κ3) is 2.24. The Morgan fingerprint density at radius 2 is 2.00 bits per heavy atom. The largest absolute Gasteiger partial charge is 0.351 e. The summed E-state index contributed by atoms with van der Waals surface area (Å²) in [4.78, 5) is 23.5. The Morgan fingerprint density at radius 1 is 1.27 bits per heavy atom. The van der Waals surface area contributed by atoms with Crippen LogP contribution in [0.1, 0.15) is 19.3 Å². The molecule has 2 heterocycles. The maximum absolute atomic E-state index is 11.2. The third-order valence-corrected chi connectivity index (χ3v) is 2.41. The fourth-order valence-corrected chi connectivity index (χ4v) is 1.68. The van der Waals surface area contributed by atoms with Crippen molar-refractivity contribution < 1.29 is 0 Å². The number of anilines is 2. The van der Waals surface area contributed by atoms with Gasteiger partial charge in [0.05, 0.1) is 0 Å². The van der Waals surface area contributed by atoms with Crippen LogP contribution in [0.15, 0.2) is 4.79 Å². The van der Waals surface area contributed by atoms with E-state index in [0.717, 1.165) is 25.9 Å². The molecule has 0 aliphatic carbocycles. The third-order valence-electron chi connectivity index (χ3n) is 2.41. The summed E-state index contributed by atoms with van der Waals surface area (Å²) in [7, 11) is 0. The van der Waals surface area contributed by atoms with Gasteiger partial charge in [-0.1, -0.05) is 0 Å². The molecule has 1 fully saturated rings. The summed E-state index contributed by atoms with van der Waals surface area (Å²) >= 11 is 0. The van der Waals surface area contributed by atoms with Crippen LogP contribution in [0.25, 0.3) is 0 Å². The van der Waals surface area contributed by atoms with Crippen LogP contribution in [0.4, 0.5) is 11.9 Å². The van der Waals surface area contributed by atoms with E-state index in [-0.39, 0.29) is 5.95 Å². The van der Waals surface area contributed by atoms with Gasteiger partial charge in [0.1, 0.15) is 0 Å². The van der Waals surface area contributed by atoms with E-state index in [1.807, 2.05) is 4.90 Å². The molecule has 1 aliphatic rings. The lowest BCUT2D eigenvalue weighted by Gasteiger charge is -2.26. The van der Waals surface area contributed by atoms with Crippen molar-refractivity contribution in [3.63, 3.8) is 0 Å². The van der Waals surface area contributed by atoms with E-state index in [4.69, 9.17) is 5.84 Å². The SMILES string of the molecule is NNc1nc(N2CCCCC2)nc(=O)[nH]1. The second-order valence-electron chi connectivity index (χ2n) is 3.49. The Morgan fingerprint density at radius 3 is 2.67 bits per heavy atom. The van der Waals surface area contributed by atoms with E-state index < -0.39 is 5.69 Å². The van der Waals surface area contributed by atoms with Crippen LogP contribution >= 0.6 is 0 Å². The molecule has 0 radical (unpaired) electrons. The lowest BCUT2D eigenvalue weighted by molar-refractivity contribution is 0.566. The fourth-order valence-electron chi connectivity index (χ4n) is 1.68. The summed E-state index contributed by atoms with van der Waals surface area (Å²) in [5.41, 5.74) is 1.88. The maximum Gasteiger partial charge on any atom is 0.351 e. The van der Waals surface area contributed by atoms with Gasteiger partial charge in [-0.25, -0.2) is 10.6 Å². The molecule has 0 atom stereocenters. The van der Waals surface area contributed by atoms with E-state index in [1.165, 1.54) is 6.42 Å². The Labute approximate surface area is 86.7 Å². The Hall–Kier alpha value is -1.63. The predicted octanol–water partition coefficient (Wildman–Crippen LogP) is -0.559. The van der Waals surface area contributed by atoms with Crippen molar-refractivity contribution in [1.82, 2.24) is 15.0 Å². The standard InChI is InChI=1S/C8H14N6O/c9-13-6-10-7(12-8(15)11-6)14-4-2-1-3-5-14/h1-5,9H2,(H2,10,11,12,13,15). The number of aromatic amines is 1. The van der Waals surface area contributed by atoms with Gasteiger partial charge in [0.2, 0.25) is 11.9 Å². The molecule has 1 saturated heterocycles. The first-order chi connectivity index (χ1) is 7.29. The van der Waals surface area contributed by atoms with Crippen molar-refractivity contribution in [3.8, 4) is 0 Å². The number of piperidine rings is 1. The smallest absolute Gasteiger partial charge is 0.341 e. The molecule has 0 bridgehead atoms. The summed E-state index contributed by atoms with van der Waals surface area (Å²) in [6.07, 6.45) is 3.45. The molecular weight excluding hydrogens is 196 g/mol. The molecule has 0 unspecified atom stereocenters. The van der Waals surface area contributed by atoms with E-state index in [0.29, 0.717) is 5.95 Å². The van der Waals surface area contributed by atoms with Crippen molar-refractivity contribution in [2.75, 3.05) is 23.4 Å². The van der Waals surface area contributed by atoms with Crippen LogP contribution in [0, 0.1) is 0 Å². The maximum atomic E-state index is 11.2. The predicted molar refractivity (Wildman–Crippen MR) is 56.5 cm³/mol. The summed E-state index contributed by atoms with van der Waals surface area (Å²) in [5.74, 6) is 5.88. The molecule has 1 aromatic rings. The summed E-state index contributed by atoms with van der Waals surface area (Å²) in [6, 6.07) is 0. The fraction of sp³-hybridized carbons (Fsp3) is 0.625. The van der Waals surface area contributed by atoms with Crippen LogP contribution in [0.3, 0.4) is 0 Å². The number of hydrogen-bond donors (Lipinski definition) is 3. The first kappa shape index (κ1) is 9.91. The average molecular weight is 210 g/mol. The molecule has 2 rings (SSSR count). The minimum atomic E-state index is -0.432. The zero-order valence-corrected chi connectivity index (χ0v) is 8.36. The quantitative estimate of drug-likeness (QED) is 0.447. The van der Waals surface area contributed by atoms with Gasteiger partial charge in [0.15, 0.2) is 0 Å². The molecule has 7 nitrogen and oxygen atoms in total. The zero-order chi connectivity index (χ0) is 10.7. The number of nitrogens with zero attached hydrogens (tertiary/aromatic N) is 3. The zero-order valence-electron chi connectivity index (χ0n) is 8.36. The molecule has 1 aromatic heterocycles. The van der Waals surface area contributed by atoms with Crippen molar-refractivity contribution in [3.05, 3.63) is 10.5 Å². The topological polar surface area (TPSA) is 99.9 Å². The number of H-pyrrole nitrogens is 1. The highest BCUT2D eigenvalue weighted by atomic mass is 16.1. The van der Waals surface area contributed by atoms with Crippen LogP contribution < -0.4 is 21.9 Å². The molecule has 4 N–H and O–H groups in total. The second-order valence-corrected chi connectivity index (χ2v) is 3.49. The lowest BCUT2D eigenvalue weighted by Crippen LogP contribution is -2.33. The van der Waals surface area contributed by atoms with Crippen molar-refractivity contribution in [1.29, 1.82) is 0 Å². The van der Waals surface area contributed by atoms with Gasteiger partial charge in [-0.3, -0.25) is 10.4 Å². The van der Waals surface area contributed by atoms with Crippen LogP contribution in [0.5, 0.6) is 0 Å². The lowest BCUT2D eigenvalue weighted by atomic mass is 10.1. The number of hydrazine groups is 1. The molecule has 15 heavy (non-hydrogen) atoms. The number of hydrogen-bond acceptors (Lipinski definition) is 6. The van der Waals surface area contributed by atoms with Gasteiger partial charge in [0, 0.05) is 13.1 Å². The van der Waals surface area contributed by atoms with Crippen LogP contribution in [0.2, 0.25) is 0 Å². The van der Waals surface area contributed by atoms with E-state index >= 15 is 0 Å². The number of nitrogen functional groups attached to an aromatic ring is 1. The Kier molecular flexibility index (Phi) is 2.82. The first-order valence-electron chi connectivity index (χ1n) is 4.99. The van der Waals surface area contributed by atoms with Gasteiger partial charge in [-0.05, 0) is 19.3 Å². The summed E-state index contributed by atoms with van der Waals surface area (Å²) in [6.45, 7) is 1.79. The molecule has 7 heteroatoms. The van der Waals surface area contributed by atoms with Crippen LogP contribution in [-0.4, -0.2) is 28.0 Å². The minimum absolute atomic E-state index is 0.246. The number of rotatable bonds is 2. The highest BCUT2D eigenvalue weighted by molar-refractivity contribution is 5.35. The molecular formula is C8H14N6O. The highest BCUT2D eigenvalue weighted by Gasteiger charge is 2.14. The normalized spacial score (nSPS) is 16.5. The molecule has 0 spiro atoms. The van der Waals surface area contributed by atoms with Crippen LogP contribution in [-0.2, 0) is 0 Å². The molecule has 0 saturated carbocycles. The van der Waals surface area contributed by atoms with Gasteiger partial charge >= 0.3 is 5.69 Å². The van der Waals surface area contributed by atoms with Gasteiger partial charge in [-0.15, -0.1) is 0 Å². The minimum Gasteiger partial charge on any atom is -0.341 e. The Bertz CT molecular complexity index is 383. The van der Waals surface area contributed by atoms with Gasteiger partial charge < -0.3 is 4.90 Å². The summed E-state index contributed by atoms with van der Waals surface area (Å²) < 4.78 is 0. The van der Waals surface area contributed by atoms with Gasteiger partial charge in [0.25, 0.3) is 0 Å². The van der Waals surface area contributed by atoms with Crippen molar-refractivity contribution >= 4 is 11.9 Å². The van der Waals surface area contributed by atoms with Crippen molar-refractivity contribution in [2.45, 2.75) is 19.3 Å². The van der Waals surface area contributed by atoms with E-state index in [9.17, 15) is 4.79 Å².